The molecule has 0 atom stereocenters. The third-order valence-electron chi connectivity index (χ3n) is 19.3. The molecule has 0 aliphatic carbocycles. The Hall–Kier alpha value is -12.5. The molecule has 6 aromatic carbocycles. The number of anilines is 5. The van der Waals surface area contributed by atoms with Gasteiger partial charge in [-0.05, 0) is 136 Å². The average molecular weight is 1540 g/mol. The number of nitro benzene ring substituents is 2. The fourth-order valence-corrected chi connectivity index (χ4v) is 13.5. The van der Waals surface area contributed by atoms with E-state index in [-0.39, 0.29) is 66.0 Å². The molecule has 3 aliphatic heterocycles. The highest BCUT2D eigenvalue weighted by atomic mass is 35.5. The van der Waals surface area contributed by atoms with E-state index in [2.05, 4.69) is 44.7 Å². The third-order valence-corrected chi connectivity index (χ3v) is 19.6. The second kappa shape index (κ2) is 39.3. The zero-order valence-electron chi connectivity index (χ0n) is 64.0. The summed E-state index contributed by atoms with van der Waals surface area (Å²) in [4.78, 5) is 124. The summed E-state index contributed by atoms with van der Waals surface area (Å²) in [6, 6.07) is 41.7. The van der Waals surface area contributed by atoms with E-state index in [0.29, 0.717) is 60.0 Å². The van der Waals surface area contributed by atoms with Gasteiger partial charge in [0.2, 0.25) is 0 Å². The number of hydrogen-bond donors (Lipinski definition) is 2. The maximum atomic E-state index is 12.8. The molecule has 3 fully saturated rings. The predicted octanol–water partition coefficient (Wildman–Crippen LogP) is 12.6. The molecule has 28 nitrogen and oxygen atoms in total. The van der Waals surface area contributed by atoms with Gasteiger partial charge in [0.1, 0.15) is 45.9 Å². The normalized spacial score (nSPS) is 12.8. The zero-order chi connectivity index (χ0) is 80.0. The number of esters is 4. The first-order valence-corrected chi connectivity index (χ1v) is 37.2. The molecular formula is C83H90ClN15O13. The Kier molecular flexibility index (Phi) is 28.8. The second-order valence-corrected chi connectivity index (χ2v) is 27.5. The number of aromatic nitrogens is 8. The highest BCUT2D eigenvalue weighted by Gasteiger charge is 2.27. The molecule has 3 N–H and O–H groups in total. The number of hydrogen-bond acceptors (Lipinski definition) is 25. The number of fused-ring (bicyclic) bond motifs is 1. The summed E-state index contributed by atoms with van der Waals surface area (Å²) in [5, 5.41) is 26.8. The van der Waals surface area contributed by atoms with Crippen molar-refractivity contribution >= 4 is 92.4 Å². The fourth-order valence-electron chi connectivity index (χ4n) is 13.2. The summed E-state index contributed by atoms with van der Waals surface area (Å²) in [5.41, 5.74) is 17.8. The molecular weight excluding hydrogens is 1450 g/mol. The maximum absolute atomic E-state index is 12.8. The van der Waals surface area contributed by atoms with Crippen LogP contribution in [-0.4, -0.2) is 147 Å². The van der Waals surface area contributed by atoms with Gasteiger partial charge in [0.25, 0.3) is 17.3 Å². The monoisotopic (exact) mass is 1540 g/mol. The number of carbonyl (C=O) groups is 5. The number of nitro groups is 2. The van der Waals surface area contributed by atoms with Crippen LogP contribution in [0, 0.1) is 47.9 Å². The number of benzene rings is 6. The van der Waals surface area contributed by atoms with Crippen LogP contribution in [0.1, 0.15) is 139 Å². The van der Waals surface area contributed by atoms with Gasteiger partial charge in [-0.3, -0.25) is 44.2 Å². The molecule has 0 spiro atoms. The first kappa shape index (κ1) is 82.0. The number of aryl methyl sites for hydroxylation is 4. The minimum atomic E-state index is -0.455. The predicted molar refractivity (Wildman–Crippen MR) is 426 cm³/mol. The molecule has 10 aromatic rings. The first-order chi connectivity index (χ1) is 53.9. The van der Waals surface area contributed by atoms with E-state index in [0.717, 1.165) is 179 Å². The number of amides is 1. The van der Waals surface area contributed by atoms with E-state index in [9.17, 15) is 44.2 Å². The van der Waals surface area contributed by atoms with Crippen molar-refractivity contribution in [2.75, 3.05) is 93.5 Å². The number of nitrogens with one attached hydrogen (secondary N) is 1. The lowest BCUT2D eigenvalue weighted by molar-refractivity contribution is -0.385. The van der Waals surface area contributed by atoms with Crippen molar-refractivity contribution in [3.63, 3.8) is 0 Å². The molecule has 4 aromatic heterocycles. The molecule has 0 saturated carbocycles. The summed E-state index contributed by atoms with van der Waals surface area (Å²) in [6.07, 6.45) is 9.29. The minimum absolute atomic E-state index is 0.0129. The third kappa shape index (κ3) is 22.6. The Morgan fingerprint density at radius 1 is 0.420 bits per heavy atom. The van der Waals surface area contributed by atoms with Crippen molar-refractivity contribution in [1.29, 1.82) is 0 Å². The number of nitrogens with zero attached hydrogens (tertiary/aromatic N) is 13. The van der Waals surface area contributed by atoms with Crippen LogP contribution >= 0.6 is 11.6 Å². The van der Waals surface area contributed by atoms with E-state index in [1.54, 1.807) is 31.2 Å². The molecule has 29 heteroatoms. The summed E-state index contributed by atoms with van der Waals surface area (Å²) < 4.78 is 19.2. The molecule has 0 radical (unpaired) electrons. The van der Waals surface area contributed by atoms with E-state index in [1.165, 1.54) is 52.7 Å². The fraction of sp³-hybridized carbons (Fsp3) is 0.337. The van der Waals surface area contributed by atoms with Gasteiger partial charge in [0.15, 0.2) is 0 Å². The van der Waals surface area contributed by atoms with E-state index in [1.807, 2.05) is 112 Å². The number of non-ortho nitro benzene ring substituents is 2. The van der Waals surface area contributed by atoms with Gasteiger partial charge < -0.3 is 44.7 Å². The summed E-state index contributed by atoms with van der Waals surface area (Å²) in [7, 11) is 5.48. The number of rotatable bonds is 23. The van der Waals surface area contributed by atoms with Crippen molar-refractivity contribution in [3.8, 4) is 0 Å². The lowest BCUT2D eigenvalue weighted by atomic mass is 10.1. The smallest absolute Gasteiger partial charge is 0.310 e. The van der Waals surface area contributed by atoms with Crippen LogP contribution in [0.25, 0.3) is 10.8 Å². The van der Waals surface area contributed by atoms with Gasteiger partial charge in [-0.1, -0.05) is 90.5 Å². The number of carbonyl (C=O) groups excluding carboxylic acids is 5. The zero-order valence-corrected chi connectivity index (χ0v) is 64.8. The summed E-state index contributed by atoms with van der Waals surface area (Å²) >= 11 is 6.12. The van der Waals surface area contributed by atoms with Crippen molar-refractivity contribution in [2.45, 2.75) is 118 Å². The first-order valence-electron chi connectivity index (χ1n) is 36.8. The summed E-state index contributed by atoms with van der Waals surface area (Å²) in [6.45, 7) is 13.1. The Balaban J connectivity index is 0.000000161. The van der Waals surface area contributed by atoms with Gasteiger partial charge in [0, 0.05) is 151 Å². The second-order valence-electron chi connectivity index (χ2n) is 27.2. The van der Waals surface area contributed by atoms with Crippen LogP contribution in [0.4, 0.5) is 40.2 Å². The van der Waals surface area contributed by atoms with Crippen LogP contribution in [0.2, 0.25) is 5.15 Å². The quantitative estimate of drug-likeness (QED) is 0.0150. The Morgan fingerprint density at radius 2 is 0.732 bits per heavy atom. The van der Waals surface area contributed by atoms with E-state index in [4.69, 9.17) is 51.5 Å². The highest BCUT2D eigenvalue weighted by molar-refractivity contribution is 6.30. The Bertz CT molecular complexity index is 4990. The van der Waals surface area contributed by atoms with Gasteiger partial charge in [-0.15, -0.1) is 0 Å². The number of nitrogen functional groups attached to an aromatic ring is 1. The molecule has 0 bridgehead atoms. The molecule has 7 heterocycles. The van der Waals surface area contributed by atoms with Crippen LogP contribution in [0.5, 0.6) is 0 Å². The van der Waals surface area contributed by atoms with Crippen LogP contribution in [0.3, 0.4) is 0 Å². The maximum Gasteiger partial charge on any atom is 0.310 e. The number of ether oxygens (including phenoxy) is 4. The standard InChI is InChI=1S/C30H30N4O3.C19H22N4O4.C19H24N4O2.C15H14ClN3O4/c1-20-26(19-28(35)37-2)29(34-15-5-6-16-34)33-27(31-20)17-21-9-13-25(14-10-21)32-30(36)24-12-11-22-7-3-4-8-23(22)18-24;1-13-16(12-18(24)27-2)19(22-9-3-4-10-22)21-17(20-13)11-14-5-7-15(8-6-14)23(25)26;1-13-16(12-18(24)25-2)19(23-9-3-4-10-23)22-17(21-13)11-14-5-7-15(20)8-6-14;1-9-12(8-14(20)23-2)15(16)18-13(17-9)7-10-3-5-11(6-4-10)19(21)22/h3-4,7-14,18H,5-6,15-17,19H2,1-2H3,(H,32,36);5-8H,3-4,9-12H2,1-2H3;5-8H,3-4,9-12,20H2,1-2H3;3-6H,7-8H2,1-2H3. The number of methoxy groups -OCH3 is 4. The molecule has 13 rings (SSSR count). The lowest BCUT2D eigenvalue weighted by Gasteiger charge is -2.22. The van der Waals surface area contributed by atoms with Crippen molar-refractivity contribution in [2.24, 2.45) is 0 Å². The Labute approximate surface area is 653 Å². The largest absolute Gasteiger partial charge is 0.469 e. The highest BCUT2D eigenvalue weighted by Crippen LogP contribution is 2.31. The van der Waals surface area contributed by atoms with Crippen molar-refractivity contribution in [3.05, 3.63) is 261 Å². The van der Waals surface area contributed by atoms with Gasteiger partial charge in [-0.25, -0.2) is 39.9 Å². The van der Waals surface area contributed by atoms with Crippen molar-refractivity contribution in [1.82, 2.24) is 39.9 Å². The summed E-state index contributed by atoms with van der Waals surface area (Å²) in [5.74, 6) is 3.67. The Morgan fingerprint density at radius 3 is 1.07 bits per heavy atom. The lowest BCUT2D eigenvalue weighted by Crippen LogP contribution is -2.24. The molecule has 582 valence electrons. The molecule has 3 aliphatic rings. The molecule has 1 amide bonds. The van der Waals surface area contributed by atoms with Crippen LogP contribution in [-0.2, 0) is 89.5 Å². The minimum Gasteiger partial charge on any atom is -0.469 e. The van der Waals surface area contributed by atoms with Gasteiger partial charge >= 0.3 is 23.9 Å². The molecule has 112 heavy (non-hydrogen) atoms. The van der Waals surface area contributed by atoms with E-state index >= 15 is 0 Å². The van der Waals surface area contributed by atoms with Crippen LogP contribution in [0.15, 0.2) is 140 Å². The topological polar surface area (TPSA) is 359 Å². The average Bonchev–Trinajstić information content (AvgIpc) is 1.38. The van der Waals surface area contributed by atoms with Crippen LogP contribution < -0.4 is 25.8 Å². The van der Waals surface area contributed by atoms with Gasteiger partial charge in [0.05, 0.1) is 64.0 Å². The number of halogens is 1. The van der Waals surface area contributed by atoms with Crippen molar-refractivity contribution < 1.29 is 52.8 Å². The SMILES string of the molecule is COC(=O)Cc1c(C)nc(Cc2ccc(N)cc2)nc1N1CCCC1.COC(=O)Cc1c(C)nc(Cc2ccc(NC(=O)c3ccc4ccccc4c3)cc2)nc1N1CCCC1.COC(=O)Cc1c(C)nc(Cc2ccc([N+](=O)[O-])cc2)nc1Cl.COC(=O)Cc1c(C)nc(Cc2ccc([N+](=O)[O-])cc2)nc1N1CCCC1. The van der Waals surface area contributed by atoms with E-state index < -0.39 is 15.8 Å². The van der Waals surface area contributed by atoms with Gasteiger partial charge in [-0.2, -0.15) is 0 Å². The molecule has 0 unspecified atom stereocenters. The number of nitrogens with two attached hydrogens (primary N) is 1. The molecule has 3 saturated heterocycles.